The Labute approximate surface area is 201 Å². The summed E-state index contributed by atoms with van der Waals surface area (Å²) < 4.78 is 5.23. The van der Waals surface area contributed by atoms with Gasteiger partial charge in [-0.05, 0) is 45.6 Å². The first-order valence-electron chi connectivity index (χ1n) is 12.0. The van der Waals surface area contributed by atoms with E-state index in [4.69, 9.17) is 4.74 Å². The van der Waals surface area contributed by atoms with Crippen LogP contribution in [0.25, 0.3) is 0 Å². The minimum absolute atomic E-state index is 0.108. The van der Waals surface area contributed by atoms with Crippen LogP contribution < -0.4 is 10.6 Å². The van der Waals surface area contributed by atoms with Gasteiger partial charge in [0.1, 0.15) is 23.4 Å². The number of benzene rings is 1. The van der Waals surface area contributed by atoms with Crippen molar-refractivity contribution >= 4 is 17.9 Å². The summed E-state index contributed by atoms with van der Waals surface area (Å²) >= 11 is 0. The van der Waals surface area contributed by atoms with Gasteiger partial charge in [0.15, 0.2) is 0 Å². The zero-order valence-electron chi connectivity index (χ0n) is 20.8. The average Bonchev–Trinajstić information content (AvgIpc) is 3.48. The topological polar surface area (TPSA) is 128 Å². The number of hydrogen-bond donors (Lipinski definition) is 4. The molecule has 1 aromatic rings. The lowest BCUT2D eigenvalue weighted by Gasteiger charge is -2.34. The van der Waals surface area contributed by atoms with Crippen LogP contribution in [0.4, 0.5) is 4.79 Å². The predicted molar refractivity (Wildman–Crippen MR) is 128 cm³/mol. The molecule has 2 rings (SSSR count). The largest absolute Gasteiger partial charge is 0.508 e. The lowest BCUT2D eigenvalue weighted by atomic mass is 10.0. The van der Waals surface area contributed by atoms with Gasteiger partial charge in [0.05, 0.1) is 6.61 Å². The highest BCUT2D eigenvalue weighted by Crippen LogP contribution is 2.42. The first kappa shape index (κ1) is 27.4. The number of nitrogens with zero attached hydrogens (tertiary/aromatic N) is 1. The zero-order chi connectivity index (χ0) is 25.5. The Bertz CT molecular complexity index is 853. The van der Waals surface area contributed by atoms with Crippen molar-refractivity contribution in [2.24, 2.45) is 5.92 Å². The molecule has 0 aliphatic heterocycles. The van der Waals surface area contributed by atoms with E-state index < -0.39 is 42.2 Å². The Hall–Kier alpha value is -2.81. The molecule has 4 N–H and O–H groups in total. The van der Waals surface area contributed by atoms with Crippen LogP contribution in [0.3, 0.4) is 0 Å². The number of phenols is 1. The Morgan fingerprint density at radius 2 is 1.85 bits per heavy atom. The van der Waals surface area contributed by atoms with Crippen molar-refractivity contribution in [1.29, 1.82) is 0 Å². The summed E-state index contributed by atoms with van der Waals surface area (Å²) in [5.41, 5.74) is -0.494. The van der Waals surface area contributed by atoms with Crippen LogP contribution in [0.15, 0.2) is 24.3 Å². The molecule has 9 nitrogen and oxygen atoms in total. The Morgan fingerprint density at radius 3 is 2.38 bits per heavy atom. The van der Waals surface area contributed by atoms with Crippen molar-refractivity contribution in [3.8, 4) is 5.75 Å². The van der Waals surface area contributed by atoms with Crippen LogP contribution in [0.5, 0.6) is 5.75 Å². The number of para-hydroxylation sites is 1. The lowest BCUT2D eigenvalue weighted by molar-refractivity contribution is -0.144. The van der Waals surface area contributed by atoms with Crippen molar-refractivity contribution in [2.75, 3.05) is 13.2 Å². The van der Waals surface area contributed by atoms with Crippen molar-refractivity contribution in [2.45, 2.75) is 84.0 Å². The molecule has 0 heterocycles. The Morgan fingerprint density at radius 1 is 1.21 bits per heavy atom. The van der Waals surface area contributed by atoms with E-state index in [1.54, 1.807) is 39.0 Å². The molecular formula is C25H39N3O6. The second-order valence-electron chi connectivity index (χ2n) is 9.87. The van der Waals surface area contributed by atoms with Gasteiger partial charge in [-0.25, -0.2) is 4.79 Å². The molecule has 0 saturated heterocycles. The summed E-state index contributed by atoms with van der Waals surface area (Å²) in [4.78, 5) is 40.7. The number of alkyl carbamates (subject to hydrolysis) is 1. The Balaban J connectivity index is 2.37. The molecule has 4 atom stereocenters. The maximum Gasteiger partial charge on any atom is 0.408 e. The van der Waals surface area contributed by atoms with Gasteiger partial charge in [0, 0.05) is 18.2 Å². The van der Waals surface area contributed by atoms with Crippen molar-refractivity contribution < 1.29 is 29.3 Å². The van der Waals surface area contributed by atoms with Crippen molar-refractivity contribution in [3.05, 3.63) is 29.8 Å². The van der Waals surface area contributed by atoms with Gasteiger partial charge < -0.3 is 30.5 Å². The summed E-state index contributed by atoms with van der Waals surface area (Å²) in [6.45, 7) is 8.88. The van der Waals surface area contributed by atoms with E-state index in [0.717, 1.165) is 19.3 Å². The van der Waals surface area contributed by atoms with Crippen LogP contribution in [-0.4, -0.2) is 63.9 Å². The molecule has 1 fully saturated rings. The molecule has 0 aromatic heterocycles. The molecule has 0 spiro atoms. The van der Waals surface area contributed by atoms with Gasteiger partial charge in [-0.2, -0.15) is 0 Å². The van der Waals surface area contributed by atoms with Crippen molar-refractivity contribution in [1.82, 2.24) is 15.5 Å². The third-order valence-corrected chi connectivity index (χ3v) is 5.69. The first-order valence-corrected chi connectivity index (χ1v) is 12.0. The Kier molecular flexibility index (Phi) is 9.73. The number of rotatable bonds is 11. The molecule has 0 bridgehead atoms. The van der Waals surface area contributed by atoms with Crippen LogP contribution in [0.1, 0.15) is 71.9 Å². The number of unbranched alkanes of at least 4 members (excludes halogenated alkanes) is 2. The van der Waals surface area contributed by atoms with Gasteiger partial charge in [-0.1, -0.05) is 44.9 Å². The normalized spacial score (nSPS) is 19.0. The average molecular weight is 478 g/mol. The molecule has 1 aliphatic carbocycles. The number of aliphatic hydroxyl groups is 1. The van der Waals surface area contributed by atoms with E-state index in [-0.39, 0.29) is 23.3 Å². The van der Waals surface area contributed by atoms with Gasteiger partial charge in [-0.3, -0.25) is 9.59 Å². The van der Waals surface area contributed by atoms with Crippen LogP contribution in [-0.2, 0) is 14.3 Å². The number of aliphatic hydroxyl groups excluding tert-OH is 1. The van der Waals surface area contributed by atoms with Gasteiger partial charge in [0.25, 0.3) is 0 Å². The minimum atomic E-state index is -1.30. The fourth-order valence-electron chi connectivity index (χ4n) is 3.81. The number of phenolic OH excluding ortho intramolecular Hbond substituents is 1. The summed E-state index contributed by atoms with van der Waals surface area (Å²) in [6.07, 6.45) is 2.58. The molecule has 1 aliphatic rings. The molecule has 0 radical (unpaired) electrons. The van der Waals surface area contributed by atoms with E-state index >= 15 is 0 Å². The van der Waals surface area contributed by atoms with Crippen LogP contribution >= 0.6 is 0 Å². The number of aromatic hydroxyl groups is 1. The molecule has 190 valence electrons. The fraction of sp³-hybridized carbons (Fsp3) is 0.640. The number of amides is 3. The number of carbonyl (C=O) groups is 3. The smallest absolute Gasteiger partial charge is 0.408 e. The highest BCUT2D eigenvalue weighted by atomic mass is 16.6. The molecule has 9 heteroatoms. The first-order chi connectivity index (χ1) is 16.0. The fourth-order valence-corrected chi connectivity index (χ4v) is 3.81. The van der Waals surface area contributed by atoms with E-state index in [2.05, 4.69) is 17.6 Å². The molecule has 3 amide bonds. The highest BCUT2D eigenvalue weighted by Gasteiger charge is 2.48. The van der Waals surface area contributed by atoms with Gasteiger partial charge in [0.2, 0.25) is 11.8 Å². The quantitative estimate of drug-likeness (QED) is 0.363. The monoisotopic (exact) mass is 477 g/mol. The molecule has 34 heavy (non-hydrogen) atoms. The number of carbonyl (C=O) groups excluding carboxylic acids is 3. The highest BCUT2D eigenvalue weighted by molar-refractivity contribution is 5.93. The number of hydrogen-bond acceptors (Lipinski definition) is 6. The van der Waals surface area contributed by atoms with Crippen molar-refractivity contribution in [3.63, 3.8) is 0 Å². The lowest BCUT2D eigenvalue weighted by Crippen LogP contribution is -2.55. The predicted octanol–water partition coefficient (Wildman–Crippen LogP) is 2.86. The van der Waals surface area contributed by atoms with E-state index in [9.17, 15) is 24.6 Å². The molecule has 1 aromatic carbocycles. The van der Waals surface area contributed by atoms with E-state index in [1.807, 2.05) is 6.92 Å². The maximum atomic E-state index is 13.6. The van der Waals surface area contributed by atoms with Gasteiger partial charge in [-0.15, -0.1) is 0 Å². The summed E-state index contributed by atoms with van der Waals surface area (Å²) in [5, 5.41) is 25.8. The van der Waals surface area contributed by atoms with Crippen LogP contribution in [0, 0.1) is 5.92 Å². The third-order valence-electron chi connectivity index (χ3n) is 5.69. The summed E-state index contributed by atoms with van der Waals surface area (Å²) in [5.74, 6) is -1.01. The number of ether oxygens (including phenoxy) is 1. The second kappa shape index (κ2) is 12.1. The standard InChI is InChI=1S/C25H39N3O6/c1-6-7-10-13-26-22(31)21(17-11-8-9-12-20(17)30)28(19-14-16(19)2)23(32)18(15-29)27-24(33)34-25(3,4)5/h8-9,11-12,16,18-19,21,29-30H,6-7,10,13-15H2,1-5H3,(H,26,31)(H,27,33). The van der Waals surface area contributed by atoms with Gasteiger partial charge >= 0.3 is 6.09 Å². The third kappa shape index (κ3) is 7.62. The zero-order valence-corrected chi connectivity index (χ0v) is 20.8. The molecule has 4 unspecified atom stereocenters. The number of nitrogens with one attached hydrogen (secondary N) is 2. The maximum absolute atomic E-state index is 13.6. The van der Waals surface area contributed by atoms with Crippen LogP contribution in [0.2, 0.25) is 0 Å². The summed E-state index contributed by atoms with van der Waals surface area (Å²) in [6, 6.07) is 3.72. The minimum Gasteiger partial charge on any atom is -0.508 e. The van der Waals surface area contributed by atoms with E-state index in [1.165, 1.54) is 11.0 Å². The molecule has 1 saturated carbocycles. The SMILES string of the molecule is CCCCCNC(=O)C(c1ccccc1O)N(C(=O)C(CO)NC(=O)OC(C)(C)C)C1CC1C. The van der Waals surface area contributed by atoms with E-state index in [0.29, 0.717) is 13.0 Å². The molecular weight excluding hydrogens is 438 g/mol. The second-order valence-corrected chi connectivity index (χ2v) is 9.87. The summed E-state index contributed by atoms with van der Waals surface area (Å²) in [7, 11) is 0.